The van der Waals surface area contributed by atoms with Gasteiger partial charge in [-0.05, 0) is 92.0 Å². The lowest BCUT2D eigenvalue weighted by Crippen LogP contribution is -2.59. The molecule has 0 spiro atoms. The molecule has 1 aliphatic heterocycles. The van der Waals surface area contributed by atoms with Crippen LogP contribution < -0.4 is 5.32 Å². The molecule has 184 valence electrons. The minimum Gasteiger partial charge on any atom is -0.338 e. The summed E-state index contributed by atoms with van der Waals surface area (Å²) in [5.41, 5.74) is -0.453. The van der Waals surface area contributed by atoms with Crippen molar-refractivity contribution in [1.29, 1.82) is 0 Å². The Morgan fingerprint density at radius 2 is 1.74 bits per heavy atom. The van der Waals surface area contributed by atoms with Crippen molar-refractivity contribution in [2.75, 3.05) is 12.4 Å². The van der Waals surface area contributed by atoms with E-state index >= 15 is 0 Å². The van der Waals surface area contributed by atoms with Crippen LogP contribution in [0, 0.1) is 34.5 Å². The van der Waals surface area contributed by atoms with Gasteiger partial charge in [-0.15, -0.1) is 0 Å². The van der Waals surface area contributed by atoms with Crippen LogP contribution >= 0.6 is 0 Å². The third-order valence-corrected chi connectivity index (χ3v) is 9.92. The molecule has 3 saturated carbocycles. The smallest absolute Gasteiger partial charge is 0.338 e. The molecule has 3 aliphatic carbocycles. The van der Waals surface area contributed by atoms with Crippen molar-refractivity contribution < 1.29 is 22.8 Å². The number of nitrogens with zero attached hydrogens (tertiary/aromatic N) is 1. The molecule has 7 atom stereocenters. The van der Waals surface area contributed by atoms with Gasteiger partial charge in [-0.3, -0.25) is 9.59 Å². The summed E-state index contributed by atoms with van der Waals surface area (Å²) in [6.07, 6.45) is 5.36. The van der Waals surface area contributed by atoms with Crippen LogP contribution in [-0.4, -0.2) is 29.8 Å². The maximum Gasteiger partial charge on any atom is 0.416 e. The second-order valence-corrected chi connectivity index (χ2v) is 11.4. The number of hydrogen-bond donors (Lipinski definition) is 1. The number of hydrogen-bond acceptors (Lipinski definition) is 2. The summed E-state index contributed by atoms with van der Waals surface area (Å²) in [5.74, 6) is 1.33. The predicted molar refractivity (Wildman–Crippen MR) is 124 cm³/mol. The third-order valence-electron chi connectivity index (χ3n) is 9.92. The summed E-state index contributed by atoms with van der Waals surface area (Å²) in [5, 5.41) is 2.89. The van der Waals surface area contributed by atoms with Gasteiger partial charge in [-0.1, -0.05) is 19.9 Å². The Balaban J connectivity index is 1.33. The Bertz CT molecular complexity index is 1020. The number of rotatable bonds is 2. The highest BCUT2D eigenvalue weighted by Gasteiger charge is 2.61. The Kier molecular flexibility index (Phi) is 5.41. The Morgan fingerprint density at radius 1 is 1.03 bits per heavy atom. The lowest BCUT2D eigenvalue weighted by molar-refractivity contribution is -0.141. The van der Waals surface area contributed by atoms with Crippen LogP contribution in [0.15, 0.2) is 36.4 Å². The number of halogens is 3. The first-order valence-corrected chi connectivity index (χ1v) is 12.4. The second kappa shape index (κ2) is 7.85. The van der Waals surface area contributed by atoms with Crippen molar-refractivity contribution in [3.05, 3.63) is 42.0 Å². The molecule has 5 rings (SSSR count). The first kappa shape index (κ1) is 23.4. The molecule has 7 heteroatoms. The molecule has 4 aliphatic rings. The summed E-state index contributed by atoms with van der Waals surface area (Å²) in [7, 11) is 1.92. The Morgan fingerprint density at radius 3 is 2.41 bits per heavy atom. The van der Waals surface area contributed by atoms with Crippen molar-refractivity contribution >= 4 is 17.5 Å². The van der Waals surface area contributed by atoms with Crippen molar-refractivity contribution in [2.45, 2.75) is 64.6 Å². The lowest BCUT2D eigenvalue weighted by atomic mass is 9.47. The fourth-order valence-corrected chi connectivity index (χ4v) is 8.14. The van der Waals surface area contributed by atoms with Crippen molar-refractivity contribution in [3.8, 4) is 0 Å². The van der Waals surface area contributed by atoms with Crippen molar-refractivity contribution in [2.24, 2.45) is 34.5 Å². The third kappa shape index (κ3) is 3.49. The van der Waals surface area contributed by atoms with E-state index in [1.54, 1.807) is 6.08 Å². The van der Waals surface area contributed by atoms with Gasteiger partial charge in [0.2, 0.25) is 11.8 Å². The maximum absolute atomic E-state index is 13.3. The number of carbonyl (C=O) groups is 2. The quantitative estimate of drug-likeness (QED) is 0.580. The van der Waals surface area contributed by atoms with Gasteiger partial charge in [0, 0.05) is 30.1 Å². The van der Waals surface area contributed by atoms with E-state index in [1.807, 2.05) is 11.9 Å². The average Bonchev–Trinajstić information content (AvgIpc) is 3.14. The van der Waals surface area contributed by atoms with E-state index in [0.717, 1.165) is 50.7 Å². The number of likely N-dealkylation sites (N-methyl/N-ethyl adjacent to an activating group) is 1. The minimum absolute atomic E-state index is 0.0342. The second-order valence-electron chi connectivity index (χ2n) is 11.4. The average molecular weight is 475 g/mol. The molecular weight excluding hydrogens is 441 g/mol. The molecule has 0 bridgehead atoms. The van der Waals surface area contributed by atoms with Crippen LogP contribution in [0.25, 0.3) is 0 Å². The van der Waals surface area contributed by atoms with E-state index in [9.17, 15) is 22.8 Å². The van der Waals surface area contributed by atoms with Gasteiger partial charge >= 0.3 is 6.18 Å². The van der Waals surface area contributed by atoms with E-state index in [1.165, 1.54) is 12.1 Å². The van der Waals surface area contributed by atoms with Gasteiger partial charge in [0.15, 0.2) is 0 Å². The topological polar surface area (TPSA) is 49.4 Å². The van der Waals surface area contributed by atoms with Crippen LogP contribution in [-0.2, 0) is 15.8 Å². The normalized spacial score (nSPS) is 39.3. The van der Waals surface area contributed by atoms with Gasteiger partial charge in [0.25, 0.3) is 0 Å². The lowest BCUT2D eigenvalue weighted by Gasteiger charge is -2.60. The van der Waals surface area contributed by atoms with Gasteiger partial charge in [0.1, 0.15) is 0 Å². The van der Waals surface area contributed by atoms with E-state index < -0.39 is 11.7 Å². The molecule has 1 N–H and O–H groups in total. The fraction of sp³-hybridized carbons (Fsp3) is 0.630. The van der Waals surface area contributed by atoms with Gasteiger partial charge in [0.05, 0.1) is 5.56 Å². The zero-order valence-electron chi connectivity index (χ0n) is 20.0. The van der Waals surface area contributed by atoms with Crippen LogP contribution in [0.4, 0.5) is 18.9 Å². The fourth-order valence-electron chi connectivity index (χ4n) is 8.14. The van der Waals surface area contributed by atoms with E-state index in [0.29, 0.717) is 23.4 Å². The molecule has 0 aromatic heterocycles. The molecule has 1 aromatic carbocycles. The van der Waals surface area contributed by atoms with E-state index in [-0.39, 0.29) is 34.6 Å². The van der Waals surface area contributed by atoms with E-state index in [4.69, 9.17) is 0 Å². The summed E-state index contributed by atoms with van der Waals surface area (Å²) < 4.78 is 38.6. The maximum atomic E-state index is 13.3. The van der Waals surface area contributed by atoms with Crippen LogP contribution in [0.1, 0.15) is 57.9 Å². The van der Waals surface area contributed by atoms with Crippen LogP contribution in [0.2, 0.25) is 0 Å². The molecule has 3 fully saturated rings. The molecule has 4 nitrogen and oxygen atoms in total. The minimum atomic E-state index is -4.39. The standard InChI is InChI=1S/C27H33F3N2O2/c1-25-14-12-20-18(8-11-22-26(20,2)15-13-23(33)32(22)3)19(25)9-10-21(25)24(34)31-17-6-4-16(5-7-17)27(28,29)30/h4-7,13,15,18-22H,8-12,14H2,1-3H3,(H,31,34)/t18-,19-,20-,21+,22+,25-,26+/m0/s1. The molecule has 34 heavy (non-hydrogen) atoms. The SMILES string of the molecule is CN1C(=O)C=C[C@]2(C)[C@H]3CC[C@]4(C)[C@@H](C(=O)Nc5ccc(C(F)(F)F)cc5)CC[C@H]4[C@@H]3CC[C@@H]12. The molecule has 1 heterocycles. The largest absolute Gasteiger partial charge is 0.416 e. The number of nitrogens with one attached hydrogen (secondary N) is 1. The molecule has 0 saturated heterocycles. The number of amides is 2. The van der Waals surface area contributed by atoms with Crippen molar-refractivity contribution in [1.82, 2.24) is 4.90 Å². The zero-order valence-corrected chi connectivity index (χ0v) is 20.0. The number of fused-ring (bicyclic) bond motifs is 5. The molecular formula is C27H33F3N2O2. The summed E-state index contributed by atoms with van der Waals surface area (Å²) in [4.78, 5) is 27.5. The van der Waals surface area contributed by atoms with Crippen LogP contribution in [0.3, 0.4) is 0 Å². The summed E-state index contributed by atoms with van der Waals surface area (Å²) in [6, 6.07) is 4.93. The molecule has 2 amide bonds. The molecule has 0 radical (unpaired) electrons. The van der Waals surface area contributed by atoms with Crippen LogP contribution in [0.5, 0.6) is 0 Å². The number of anilines is 1. The molecule has 0 unspecified atom stereocenters. The van der Waals surface area contributed by atoms with Gasteiger partial charge in [-0.25, -0.2) is 0 Å². The van der Waals surface area contributed by atoms with Gasteiger partial charge in [-0.2, -0.15) is 13.2 Å². The van der Waals surface area contributed by atoms with Gasteiger partial charge < -0.3 is 10.2 Å². The monoisotopic (exact) mass is 474 g/mol. The number of alkyl halides is 3. The highest BCUT2D eigenvalue weighted by atomic mass is 19.4. The first-order valence-electron chi connectivity index (χ1n) is 12.4. The number of benzene rings is 1. The summed E-state index contributed by atoms with van der Waals surface area (Å²) in [6.45, 7) is 4.55. The van der Waals surface area contributed by atoms with E-state index in [2.05, 4.69) is 25.2 Å². The Hall–Kier alpha value is -2.31. The Labute approximate surface area is 199 Å². The molecule has 1 aromatic rings. The highest BCUT2D eigenvalue weighted by molar-refractivity contribution is 5.93. The number of carbonyl (C=O) groups excluding carboxylic acids is 2. The predicted octanol–water partition coefficient (Wildman–Crippen LogP) is 5.90. The summed E-state index contributed by atoms with van der Waals surface area (Å²) >= 11 is 0. The zero-order chi connectivity index (χ0) is 24.5. The first-order chi connectivity index (χ1) is 15.9. The van der Waals surface area contributed by atoms with Crippen molar-refractivity contribution in [3.63, 3.8) is 0 Å². The highest BCUT2D eigenvalue weighted by Crippen LogP contribution is 2.65.